The highest BCUT2D eigenvalue weighted by atomic mass is 16.6. The first-order valence-electron chi connectivity index (χ1n) is 5.60. The van der Waals surface area contributed by atoms with Crippen LogP contribution in [0, 0.1) is 10.1 Å². The number of anilines is 1. The summed E-state index contributed by atoms with van der Waals surface area (Å²) in [6.07, 6.45) is 4.17. The molecule has 0 spiro atoms. The van der Waals surface area contributed by atoms with E-state index < -0.39 is 10.8 Å². The quantitative estimate of drug-likeness (QED) is 0.558. The molecule has 0 unspecified atom stereocenters. The molecule has 20 heavy (non-hydrogen) atoms. The Labute approximate surface area is 112 Å². The monoisotopic (exact) mass is 277 g/mol. The van der Waals surface area contributed by atoms with Gasteiger partial charge in [0.1, 0.15) is 12.0 Å². The number of carbonyl (C=O) groups is 1. The number of nitrogens with one attached hydrogen (secondary N) is 1. The summed E-state index contributed by atoms with van der Waals surface area (Å²) in [6, 6.07) is 1.09. The summed E-state index contributed by atoms with van der Waals surface area (Å²) in [5.74, 6) is -0.590. The largest absolute Gasteiger partial charge is 0.383 e. The number of rotatable bonds is 5. The molecule has 2 aromatic heterocycles. The fourth-order valence-electron chi connectivity index (χ4n) is 1.48. The summed E-state index contributed by atoms with van der Waals surface area (Å²) in [5, 5.41) is 20.6. The van der Waals surface area contributed by atoms with Crippen molar-refractivity contribution < 1.29 is 9.72 Å². The van der Waals surface area contributed by atoms with Crippen molar-refractivity contribution in [1.29, 1.82) is 0 Å². The summed E-state index contributed by atoms with van der Waals surface area (Å²) in [6.45, 7) is 0.707. The summed E-state index contributed by atoms with van der Waals surface area (Å²) < 4.78 is 1.54. The Balaban J connectivity index is 2.01. The predicted octanol–water partition coefficient (Wildman–Crippen LogP) is -0.407. The Kier molecular flexibility index (Phi) is 3.84. The van der Waals surface area contributed by atoms with E-state index in [1.165, 1.54) is 10.9 Å². The molecule has 0 saturated carbocycles. The Morgan fingerprint density at radius 2 is 2.35 bits per heavy atom. The van der Waals surface area contributed by atoms with Gasteiger partial charge in [0.2, 0.25) is 0 Å². The average molecular weight is 277 g/mol. The van der Waals surface area contributed by atoms with Gasteiger partial charge in [-0.3, -0.25) is 19.6 Å². The van der Waals surface area contributed by atoms with Gasteiger partial charge < -0.3 is 11.1 Å². The van der Waals surface area contributed by atoms with Crippen LogP contribution >= 0.6 is 0 Å². The fourth-order valence-corrected chi connectivity index (χ4v) is 1.48. The standard InChI is InChI=1S/C10H11N7O3/c11-9-8(5-7(6-13-9)17(19)20)10(18)12-1-3-16-4-2-14-15-16/h2,4-6H,1,3H2,(H2,11,13)(H,12,18). The highest BCUT2D eigenvalue weighted by molar-refractivity contribution is 5.98. The SMILES string of the molecule is Nc1ncc([N+](=O)[O-])cc1C(=O)NCCn1ccnn1. The normalized spacial score (nSPS) is 10.2. The van der Waals surface area contributed by atoms with Crippen molar-refractivity contribution in [3.05, 3.63) is 40.3 Å². The number of aromatic nitrogens is 4. The first kappa shape index (κ1) is 13.4. The summed E-state index contributed by atoms with van der Waals surface area (Å²) >= 11 is 0. The molecule has 1 amide bonds. The van der Waals surface area contributed by atoms with Gasteiger partial charge >= 0.3 is 0 Å². The molecule has 0 aliphatic carbocycles. The van der Waals surface area contributed by atoms with Crippen LogP contribution in [-0.4, -0.2) is 37.4 Å². The third kappa shape index (κ3) is 3.04. The van der Waals surface area contributed by atoms with E-state index >= 15 is 0 Å². The van der Waals surface area contributed by atoms with Crippen LogP contribution in [-0.2, 0) is 6.54 Å². The van der Waals surface area contributed by atoms with Gasteiger partial charge in [0.05, 0.1) is 23.2 Å². The first-order chi connectivity index (χ1) is 9.58. The topological polar surface area (TPSA) is 142 Å². The number of amides is 1. The molecule has 10 nitrogen and oxygen atoms in total. The maximum atomic E-state index is 11.9. The van der Waals surface area contributed by atoms with Gasteiger partial charge in [-0.05, 0) is 0 Å². The fraction of sp³-hybridized carbons (Fsp3) is 0.200. The van der Waals surface area contributed by atoms with E-state index in [9.17, 15) is 14.9 Å². The highest BCUT2D eigenvalue weighted by Crippen LogP contribution is 2.16. The van der Waals surface area contributed by atoms with Crippen molar-refractivity contribution in [2.45, 2.75) is 6.54 Å². The molecule has 0 saturated heterocycles. The molecule has 0 fully saturated rings. The molecule has 0 aliphatic rings. The van der Waals surface area contributed by atoms with E-state index in [1.807, 2.05) is 0 Å². The van der Waals surface area contributed by atoms with Gasteiger partial charge in [0.25, 0.3) is 11.6 Å². The summed E-state index contributed by atoms with van der Waals surface area (Å²) in [4.78, 5) is 25.5. The molecule has 2 aromatic rings. The van der Waals surface area contributed by atoms with Crippen molar-refractivity contribution in [2.24, 2.45) is 0 Å². The smallest absolute Gasteiger partial charge is 0.288 e. The maximum absolute atomic E-state index is 11.9. The van der Waals surface area contributed by atoms with Crippen LogP contribution in [0.1, 0.15) is 10.4 Å². The van der Waals surface area contributed by atoms with E-state index in [-0.39, 0.29) is 23.6 Å². The number of pyridine rings is 1. The van der Waals surface area contributed by atoms with Crippen molar-refractivity contribution in [3.8, 4) is 0 Å². The van der Waals surface area contributed by atoms with Gasteiger partial charge in [-0.2, -0.15) is 0 Å². The minimum Gasteiger partial charge on any atom is -0.383 e. The number of nitrogen functional groups attached to an aromatic ring is 1. The number of nitrogens with two attached hydrogens (primary N) is 1. The molecular formula is C10H11N7O3. The molecule has 2 heterocycles. The predicted molar refractivity (Wildman–Crippen MR) is 67.7 cm³/mol. The third-order valence-corrected chi connectivity index (χ3v) is 2.46. The van der Waals surface area contributed by atoms with Crippen molar-refractivity contribution in [2.75, 3.05) is 12.3 Å². The Morgan fingerprint density at radius 3 is 3.00 bits per heavy atom. The number of hydrogen-bond acceptors (Lipinski definition) is 7. The van der Waals surface area contributed by atoms with E-state index in [4.69, 9.17) is 5.73 Å². The maximum Gasteiger partial charge on any atom is 0.288 e. The number of nitro groups is 1. The molecule has 0 aliphatic heterocycles. The lowest BCUT2D eigenvalue weighted by atomic mass is 10.2. The molecule has 2 rings (SSSR count). The lowest BCUT2D eigenvalue weighted by Crippen LogP contribution is -2.28. The Morgan fingerprint density at radius 1 is 1.55 bits per heavy atom. The number of nitrogens with zero attached hydrogens (tertiary/aromatic N) is 5. The second-order valence-corrected chi connectivity index (χ2v) is 3.81. The van der Waals surface area contributed by atoms with Crippen LogP contribution in [0.2, 0.25) is 0 Å². The molecule has 10 heteroatoms. The van der Waals surface area contributed by atoms with Crippen LogP contribution in [0.15, 0.2) is 24.7 Å². The lowest BCUT2D eigenvalue weighted by molar-refractivity contribution is -0.385. The molecule has 0 aromatic carbocycles. The van der Waals surface area contributed by atoms with E-state index in [1.54, 1.807) is 6.20 Å². The van der Waals surface area contributed by atoms with Crippen molar-refractivity contribution in [1.82, 2.24) is 25.3 Å². The summed E-state index contributed by atoms with van der Waals surface area (Å²) in [5.41, 5.74) is 5.21. The van der Waals surface area contributed by atoms with Crippen molar-refractivity contribution in [3.63, 3.8) is 0 Å². The van der Waals surface area contributed by atoms with Gasteiger partial charge in [-0.1, -0.05) is 5.21 Å². The highest BCUT2D eigenvalue weighted by Gasteiger charge is 2.16. The Bertz CT molecular complexity index is 626. The minimum absolute atomic E-state index is 0.0298. The zero-order valence-electron chi connectivity index (χ0n) is 10.3. The molecule has 0 atom stereocenters. The average Bonchev–Trinajstić information content (AvgIpc) is 2.92. The van der Waals surface area contributed by atoms with Gasteiger partial charge in [0, 0.05) is 18.8 Å². The molecule has 3 N–H and O–H groups in total. The molecule has 0 bridgehead atoms. The van der Waals surface area contributed by atoms with E-state index in [0.717, 1.165) is 12.3 Å². The zero-order valence-corrected chi connectivity index (χ0v) is 10.3. The van der Waals surface area contributed by atoms with Crippen LogP contribution in [0.5, 0.6) is 0 Å². The van der Waals surface area contributed by atoms with Crippen LogP contribution in [0.3, 0.4) is 0 Å². The van der Waals surface area contributed by atoms with Crippen LogP contribution < -0.4 is 11.1 Å². The van der Waals surface area contributed by atoms with Crippen LogP contribution in [0.4, 0.5) is 11.5 Å². The molecule has 104 valence electrons. The first-order valence-corrected chi connectivity index (χ1v) is 5.60. The van der Waals surface area contributed by atoms with Gasteiger partial charge in [-0.25, -0.2) is 4.98 Å². The number of carbonyl (C=O) groups excluding carboxylic acids is 1. The lowest BCUT2D eigenvalue weighted by Gasteiger charge is -2.06. The Hall–Kier alpha value is -3.04. The van der Waals surface area contributed by atoms with Gasteiger partial charge in [0.15, 0.2) is 0 Å². The van der Waals surface area contributed by atoms with E-state index in [0.29, 0.717) is 6.54 Å². The third-order valence-electron chi connectivity index (χ3n) is 2.46. The summed E-state index contributed by atoms with van der Waals surface area (Å²) in [7, 11) is 0. The van der Waals surface area contributed by atoms with Crippen LogP contribution in [0.25, 0.3) is 0 Å². The van der Waals surface area contributed by atoms with Gasteiger partial charge in [-0.15, -0.1) is 5.10 Å². The van der Waals surface area contributed by atoms with Crippen molar-refractivity contribution >= 4 is 17.4 Å². The molecule has 0 radical (unpaired) electrons. The zero-order chi connectivity index (χ0) is 14.5. The molecular weight excluding hydrogens is 266 g/mol. The second-order valence-electron chi connectivity index (χ2n) is 3.81. The van der Waals surface area contributed by atoms with E-state index in [2.05, 4.69) is 20.6 Å². The minimum atomic E-state index is -0.640. The second kappa shape index (κ2) is 5.73. The number of hydrogen-bond donors (Lipinski definition) is 2.